The SMILES string of the molecule is Cc1cc(NC(=O)C(C)(O)COc2ccc(OCCN(C)C)cc2)ccc1[N+](=O)[O-].Cc1cc(NC(=O)C(C)(O)COc2ccc(OCCN(C)C)cc2)ccc1[N+](=O)[O-]. The van der Waals surface area contributed by atoms with E-state index in [2.05, 4.69) is 10.6 Å². The zero-order chi connectivity index (χ0) is 44.6. The van der Waals surface area contributed by atoms with Gasteiger partial charge >= 0.3 is 0 Å². The summed E-state index contributed by atoms with van der Waals surface area (Å²) in [7, 11) is 7.85. The predicted octanol–water partition coefficient (Wildman–Crippen LogP) is 5.22. The first-order valence-corrected chi connectivity index (χ1v) is 18.8. The molecule has 60 heavy (non-hydrogen) atoms. The summed E-state index contributed by atoms with van der Waals surface area (Å²) in [6.07, 6.45) is 0. The van der Waals surface area contributed by atoms with Gasteiger partial charge in [-0.1, -0.05) is 0 Å². The molecule has 0 spiro atoms. The fourth-order valence-electron chi connectivity index (χ4n) is 4.94. The van der Waals surface area contributed by atoms with E-state index >= 15 is 0 Å². The van der Waals surface area contributed by atoms with Crippen molar-refractivity contribution in [2.45, 2.75) is 38.9 Å². The van der Waals surface area contributed by atoms with Gasteiger partial charge in [0.25, 0.3) is 23.2 Å². The monoisotopic (exact) mass is 834 g/mol. The zero-order valence-electron chi connectivity index (χ0n) is 35.1. The number of amides is 2. The van der Waals surface area contributed by atoms with Gasteiger partial charge in [0.2, 0.25) is 0 Å². The zero-order valence-corrected chi connectivity index (χ0v) is 35.1. The van der Waals surface area contributed by atoms with Gasteiger partial charge in [-0.25, -0.2) is 0 Å². The van der Waals surface area contributed by atoms with Crippen molar-refractivity contribution in [2.24, 2.45) is 0 Å². The Morgan fingerprint density at radius 3 is 1.15 bits per heavy atom. The Kier molecular flexibility index (Phi) is 17.7. The largest absolute Gasteiger partial charge is 0.492 e. The molecule has 2 atom stereocenters. The molecule has 18 heteroatoms. The molecule has 0 aliphatic rings. The highest BCUT2D eigenvalue weighted by molar-refractivity contribution is 5.97. The molecule has 4 aromatic carbocycles. The lowest BCUT2D eigenvalue weighted by Crippen LogP contribution is -2.45. The first kappa shape index (κ1) is 48.0. The number of nitro benzene ring substituents is 2. The van der Waals surface area contributed by atoms with E-state index in [1.165, 1.54) is 50.2 Å². The van der Waals surface area contributed by atoms with Gasteiger partial charge in [-0.3, -0.25) is 29.8 Å². The number of aliphatic hydroxyl groups is 2. The highest BCUT2D eigenvalue weighted by Gasteiger charge is 2.33. The van der Waals surface area contributed by atoms with Gasteiger partial charge in [0.05, 0.1) is 9.85 Å². The molecule has 18 nitrogen and oxygen atoms in total. The number of ether oxygens (including phenoxy) is 4. The van der Waals surface area contributed by atoms with Gasteiger partial charge in [-0.15, -0.1) is 0 Å². The quantitative estimate of drug-likeness (QED) is 0.0661. The summed E-state index contributed by atoms with van der Waals surface area (Å²) in [6.45, 7) is 7.98. The van der Waals surface area contributed by atoms with Crippen LogP contribution in [0.25, 0.3) is 0 Å². The number of aryl methyl sites for hydroxylation is 2. The van der Waals surface area contributed by atoms with Crippen molar-refractivity contribution < 1.29 is 48.6 Å². The second kappa shape index (κ2) is 22.1. The van der Waals surface area contributed by atoms with Crippen molar-refractivity contribution in [1.29, 1.82) is 0 Å². The standard InChI is InChI=1S/2C21H27N3O6/c2*1-15-13-16(5-10-19(15)24(27)28)22-20(25)21(2,26)14-30-18-8-6-17(7-9-18)29-12-11-23(3)4/h2*5-10,13,26H,11-12,14H2,1-4H3,(H,22,25). The topological polar surface area (TPSA) is 228 Å². The van der Waals surface area contributed by atoms with Crippen molar-refractivity contribution in [1.82, 2.24) is 9.80 Å². The molecule has 0 saturated carbocycles. The Balaban J connectivity index is 0.000000320. The second-order valence-electron chi connectivity index (χ2n) is 14.8. The van der Waals surface area contributed by atoms with Crippen LogP contribution in [0.2, 0.25) is 0 Å². The van der Waals surface area contributed by atoms with Gasteiger partial charge in [0, 0.05) is 47.7 Å². The lowest BCUT2D eigenvalue weighted by Gasteiger charge is -2.22. The molecule has 2 amide bonds. The van der Waals surface area contributed by atoms with Crippen molar-refractivity contribution >= 4 is 34.6 Å². The van der Waals surface area contributed by atoms with E-state index in [1.807, 2.05) is 38.0 Å². The lowest BCUT2D eigenvalue weighted by atomic mass is 10.1. The van der Waals surface area contributed by atoms with E-state index in [-0.39, 0.29) is 24.6 Å². The summed E-state index contributed by atoms with van der Waals surface area (Å²) in [5.41, 5.74) is -2.20. The number of nitrogens with zero attached hydrogens (tertiary/aromatic N) is 4. The molecule has 0 fully saturated rings. The second-order valence-corrected chi connectivity index (χ2v) is 14.8. The average Bonchev–Trinajstić information content (AvgIpc) is 3.17. The summed E-state index contributed by atoms with van der Waals surface area (Å²) in [5.74, 6) is 0.992. The van der Waals surface area contributed by atoms with Crippen molar-refractivity contribution in [3.05, 3.63) is 116 Å². The average molecular weight is 835 g/mol. The van der Waals surface area contributed by atoms with E-state index in [0.717, 1.165) is 13.1 Å². The lowest BCUT2D eigenvalue weighted by molar-refractivity contribution is -0.385. The molecule has 0 saturated heterocycles. The molecule has 4 aromatic rings. The third-order valence-electron chi connectivity index (χ3n) is 8.58. The molecule has 324 valence electrons. The molecule has 0 aromatic heterocycles. The van der Waals surface area contributed by atoms with E-state index in [0.29, 0.717) is 58.7 Å². The number of carbonyl (C=O) groups is 2. The summed E-state index contributed by atoms with van der Waals surface area (Å²) < 4.78 is 22.3. The van der Waals surface area contributed by atoms with Crippen LogP contribution in [0.1, 0.15) is 25.0 Å². The van der Waals surface area contributed by atoms with Crippen LogP contribution in [0.5, 0.6) is 23.0 Å². The molecular weight excluding hydrogens is 780 g/mol. The molecule has 0 aliphatic heterocycles. The minimum absolute atomic E-state index is 0.0442. The van der Waals surface area contributed by atoms with Gasteiger partial charge in [0.1, 0.15) is 49.4 Å². The predicted molar refractivity (Wildman–Crippen MR) is 226 cm³/mol. The van der Waals surface area contributed by atoms with Crippen LogP contribution < -0.4 is 29.6 Å². The fourth-order valence-corrected chi connectivity index (χ4v) is 4.94. The molecule has 0 bridgehead atoms. The first-order chi connectivity index (χ1) is 28.2. The van der Waals surface area contributed by atoms with Crippen molar-refractivity contribution in [3.8, 4) is 23.0 Å². The van der Waals surface area contributed by atoms with Gasteiger partial charge in [0.15, 0.2) is 11.2 Å². The number of rotatable bonds is 20. The van der Waals surface area contributed by atoms with Crippen LogP contribution >= 0.6 is 0 Å². The maximum Gasteiger partial charge on any atom is 0.272 e. The Hall–Kier alpha value is -6.34. The Labute approximate surface area is 348 Å². The van der Waals surface area contributed by atoms with Gasteiger partial charge in [-0.2, -0.15) is 0 Å². The molecular formula is C42H54N6O12. The van der Waals surface area contributed by atoms with Gasteiger partial charge < -0.3 is 49.6 Å². The molecule has 0 heterocycles. The number of nitro groups is 2. The van der Waals surface area contributed by atoms with E-state index in [4.69, 9.17) is 18.9 Å². The number of hydrogen-bond donors (Lipinski definition) is 4. The van der Waals surface area contributed by atoms with Crippen LogP contribution in [-0.4, -0.2) is 121 Å². The number of nitrogens with one attached hydrogen (secondary N) is 2. The fraction of sp³-hybridized carbons (Fsp3) is 0.381. The number of carbonyl (C=O) groups excluding carboxylic acids is 2. The Morgan fingerprint density at radius 1 is 0.583 bits per heavy atom. The molecule has 4 N–H and O–H groups in total. The van der Waals surface area contributed by atoms with Crippen LogP contribution in [0.4, 0.5) is 22.7 Å². The third-order valence-corrected chi connectivity index (χ3v) is 8.58. The van der Waals surface area contributed by atoms with Crippen LogP contribution in [-0.2, 0) is 9.59 Å². The van der Waals surface area contributed by atoms with Crippen molar-refractivity contribution in [2.75, 3.05) is 78.3 Å². The highest BCUT2D eigenvalue weighted by atomic mass is 16.6. The van der Waals surface area contributed by atoms with Crippen molar-refractivity contribution in [3.63, 3.8) is 0 Å². The molecule has 0 radical (unpaired) electrons. The smallest absolute Gasteiger partial charge is 0.272 e. The maximum absolute atomic E-state index is 12.4. The first-order valence-electron chi connectivity index (χ1n) is 18.8. The highest BCUT2D eigenvalue weighted by Crippen LogP contribution is 2.25. The van der Waals surface area contributed by atoms with E-state index < -0.39 is 32.9 Å². The van der Waals surface area contributed by atoms with Crippen LogP contribution in [0.15, 0.2) is 84.9 Å². The van der Waals surface area contributed by atoms with Gasteiger partial charge in [-0.05, 0) is 129 Å². The molecule has 0 aliphatic carbocycles. The molecule has 4 rings (SSSR count). The summed E-state index contributed by atoms with van der Waals surface area (Å²) in [5, 5.41) is 47.8. The summed E-state index contributed by atoms with van der Waals surface area (Å²) >= 11 is 0. The minimum Gasteiger partial charge on any atom is -0.492 e. The number of likely N-dealkylation sites (N-methyl/N-ethyl adjacent to an activating group) is 2. The number of benzene rings is 4. The number of hydrogen-bond acceptors (Lipinski definition) is 14. The third kappa shape index (κ3) is 15.8. The molecule has 2 unspecified atom stereocenters. The van der Waals surface area contributed by atoms with Crippen LogP contribution in [0, 0.1) is 34.1 Å². The van der Waals surface area contributed by atoms with E-state index in [1.54, 1.807) is 62.4 Å². The summed E-state index contributed by atoms with van der Waals surface area (Å²) in [4.78, 5) is 49.6. The normalized spacial score (nSPS) is 12.9. The Bertz CT molecular complexity index is 1910. The van der Waals surface area contributed by atoms with E-state index in [9.17, 15) is 40.0 Å². The van der Waals surface area contributed by atoms with Crippen LogP contribution in [0.3, 0.4) is 0 Å². The minimum atomic E-state index is -1.81. The summed E-state index contributed by atoms with van der Waals surface area (Å²) in [6, 6.07) is 22.1. The maximum atomic E-state index is 12.4. The Morgan fingerprint density at radius 2 is 0.883 bits per heavy atom. The number of anilines is 2.